The molecule has 1 aliphatic rings. The molecule has 10 nitrogen and oxygen atoms in total. The maximum atomic E-state index is 13.8. The molecule has 2 N–H and O–H groups in total. The molecule has 1 aliphatic heterocycles. The van der Waals surface area contributed by atoms with Crippen LogP contribution in [0.2, 0.25) is 0 Å². The lowest BCUT2D eigenvalue weighted by atomic mass is 9.84. The van der Waals surface area contributed by atoms with E-state index in [2.05, 4.69) is 88.4 Å². The molecule has 0 spiro atoms. The predicted molar refractivity (Wildman–Crippen MR) is 240 cm³/mol. The van der Waals surface area contributed by atoms with E-state index in [-0.39, 0.29) is 24.7 Å². The van der Waals surface area contributed by atoms with Gasteiger partial charge in [0, 0.05) is 17.6 Å². The van der Waals surface area contributed by atoms with Crippen LogP contribution in [0.4, 0.5) is 4.79 Å². The molecule has 2 heterocycles. The summed E-state index contributed by atoms with van der Waals surface area (Å²) in [5.41, 5.74) is 2.36. The molecule has 13 heteroatoms. The minimum atomic E-state index is -1.16. The third-order valence-electron chi connectivity index (χ3n) is 9.34. The van der Waals surface area contributed by atoms with E-state index in [1.54, 1.807) is 33.8 Å². The molecule has 0 saturated heterocycles. The summed E-state index contributed by atoms with van der Waals surface area (Å²) >= 11 is 4.61. The van der Waals surface area contributed by atoms with Crippen molar-refractivity contribution in [2.75, 3.05) is 11.5 Å². The average molecular weight is 855 g/mol. The smallest absolute Gasteiger partial charge is 0.408 e. The lowest BCUT2D eigenvalue weighted by Crippen LogP contribution is -2.53. The second kappa shape index (κ2) is 20.5. The SMILES string of the molecule is CC(=O)C[C@H](/C=C/CCSC(c1ccccc1)(c1ccccc1)c1ccccc1)OC(=O)[C@H](NC(=O)[C@@]1(C)CSC(c2csc(CNC(=O)OC(C)(C)C)n2)=N1)C(C)C. The Balaban J connectivity index is 1.23. The van der Waals surface area contributed by atoms with Crippen molar-refractivity contribution in [2.24, 2.45) is 10.9 Å². The molecule has 2 amide bonds. The number of aliphatic imine (C=N–C) groups is 1. The number of Topliss-reactive ketones (excluding diaryl/α,β-unsaturated/α-hetero) is 1. The van der Waals surface area contributed by atoms with Crippen LogP contribution in [0.5, 0.6) is 0 Å². The molecule has 0 saturated carbocycles. The Kier molecular flexibility index (Phi) is 15.8. The van der Waals surface area contributed by atoms with E-state index in [0.717, 1.165) is 5.75 Å². The third-order valence-corrected chi connectivity index (χ3v) is 13.0. The van der Waals surface area contributed by atoms with E-state index in [9.17, 15) is 19.2 Å². The van der Waals surface area contributed by atoms with Gasteiger partial charge in [-0.25, -0.2) is 14.6 Å². The number of rotatable bonds is 18. The lowest BCUT2D eigenvalue weighted by molar-refractivity contribution is -0.153. The Morgan fingerprint density at radius 2 is 1.49 bits per heavy atom. The number of nitrogens with zero attached hydrogens (tertiary/aromatic N) is 2. The summed E-state index contributed by atoms with van der Waals surface area (Å²) in [6.07, 6.45) is 3.10. The van der Waals surface area contributed by atoms with Gasteiger partial charge in [0.2, 0.25) is 5.91 Å². The fraction of sp³-hybridized carbons (Fsp3) is 0.391. The number of thiazole rings is 1. The van der Waals surface area contributed by atoms with E-state index in [0.29, 0.717) is 27.9 Å². The zero-order valence-electron chi connectivity index (χ0n) is 34.7. The Morgan fingerprint density at radius 3 is 2.02 bits per heavy atom. The minimum Gasteiger partial charge on any atom is -0.456 e. The number of alkyl carbamates (subject to hydrolysis) is 1. The number of thioether (sulfide) groups is 2. The number of amides is 2. The van der Waals surface area contributed by atoms with Gasteiger partial charge in [-0.1, -0.05) is 111 Å². The average Bonchev–Trinajstić information content (AvgIpc) is 3.85. The fourth-order valence-electron chi connectivity index (χ4n) is 6.44. The van der Waals surface area contributed by atoms with Crippen molar-refractivity contribution < 1.29 is 28.7 Å². The standard InChI is InChI=1S/C46H54N4O6S3/c1-31(2)39(49-42(53)45(7)30-58-40(50-45)37-29-57-38(48-37)28-47-43(54)56-44(4,5)6)41(52)55-36(27-32(3)51)25-17-18-26-59-46(33-19-11-8-12-20-33,34-21-13-9-14-22-34)35-23-15-10-16-24-35/h8-17,19-25,29,31,36,39H,18,26-28,30H2,1-7H3,(H,47,54)(H,49,53)/b25-17+/t36-,39+,45+/m0/s1. The summed E-state index contributed by atoms with van der Waals surface area (Å²) < 4.78 is 10.8. The summed E-state index contributed by atoms with van der Waals surface area (Å²) in [6.45, 7) is 12.4. The first-order valence-corrected chi connectivity index (χ1v) is 22.6. The normalized spacial score (nSPS) is 16.6. The van der Waals surface area contributed by atoms with Crippen molar-refractivity contribution in [3.63, 3.8) is 0 Å². The quantitative estimate of drug-likeness (QED) is 0.0435. The number of hydrogen-bond donors (Lipinski definition) is 2. The van der Waals surface area contributed by atoms with E-state index in [4.69, 9.17) is 14.5 Å². The van der Waals surface area contributed by atoms with Gasteiger partial charge in [0.25, 0.3) is 0 Å². The summed E-state index contributed by atoms with van der Waals surface area (Å²) in [4.78, 5) is 61.3. The molecule has 5 rings (SSSR count). The Hall–Kier alpha value is -4.72. The Morgan fingerprint density at radius 1 is 0.915 bits per heavy atom. The molecule has 3 atom stereocenters. The van der Waals surface area contributed by atoms with Crippen molar-refractivity contribution in [3.8, 4) is 0 Å². The molecule has 59 heavy (non-hydrogen) atoms. The first kappa shape index (κ1) is 45.4. The summed E-state index contributed by atoms with van der Waals surface area (Å²) in [5.74, 6) is -0.351. The number of aromatic nitrogens is 1. The van der Waals surface area contributed by atoms with E-state index in [1.807, 2.05) is 55.3 Å². The van der Waals surface area contributed by atoms with Crippen molar-refractivity contribution >= 4 is 63.7 Å². The first-order chi connectivity index (χ1) is 28.1. The number of ether oxygens (including phenoxy) is 2. The zero-order valence-corrected chi connectivity index (χ0v) is 37.2. The maximum absolute atomic E-state index is 13.8. The van der Waals surface area contributed by atoms with Crippen LogP contribution < -0.4 is 10.6 Å². The predicted octanol–water partition coefficient (Wildman–Crippen LogP) is 9.12. The van der Waals surface area contributed by atoms with Crippen LogP contribution in [0.3, 0.4) is 0 Å². The maximum Gasteiger partial charge on any atom is 0.408 e. The number of hydrogen-bond acceptors (Lipinski definition) is 11. The van der Waals surface area contributed by atoms with Crippen LogP contribution >= 0.6 is 34.9 Å². The molecule has 3 aromatic carbocycles. The Bertz CT molecular complexity index is 2000. The number of benzene rings is 3. The molecule has 0 aliphatic carbocycles. The number of carbonyl (C=O) groups excluding carboxylic acids is 4. The Labute approximate surface area is 360 Å². The number of allylic oxidation sites excluding steroid dienone is 1. The van der Waals surface area contributed by atoms with Crippen LogP contribution in [0.15, 0.2) is 114 Å². The molecular formula is C46H54N4O6S3. The van der Waals surface area contributed by atoms with Crippen LogP contribution in [0.25, 0.3) is 0 Å². The second-order valence-electron chi connectivity index (χ2n) is 15.9. The summed E-state index contributed by atoms with van der Waals surface area (Å²) in [5, 5.41) is 8.71. The van der Waals surface area contributed by atoms with Crippen LogP contribution in [-0.4, -0.2) is 68.6 Å². The number of carbonyl (C=O) groups is 4. The number of nitrogens with one attached hydrogen (secondary N) is 2. The van der Waals surface area contributed by atoms with Gasteiger partial charge in [-0.05, 0) is 75.5 Å². The van der Waals surface area contributed by atoms with Gasteiger partial charge in [-0.2, -0.15) is 0 Å². The number of ketones is 1. The van der Waals surface area contributed by atoms with Crippen LogP contribution in [0.1, 0.15) is 88.7 Å². The lowest BCUT2D eigenvalue weighted by Gasteiger charge is -2.35. The highest BCUT2D eigenvalue weighted by molar-refractivity contribution is 8.14. The van der Waals surface area contributed by atoms with Crippen LogP contribution in [-0.2, 0) is 35.1 Å². The van der Waals surface area contributed by atoms with E-state index < -0.39 is 46.0 Å². The topological polar surface area (TPSA) is 136 Å². The van der Waals surface area contributed by atoms with E-state index in [1.165, 1.54) is 46.7 Å². The van der Waals surface area contributed by atoms with Gasteiger partial charge in [-0.15, -0.1) is 34.9 Å². The molecule has 0 unspecified atom stereocenters. The molecule has 0 bridgehead atoms. The van der Waals surface area contributed by atoms with Gasteiger partial charge >= 0.3 is 12.1 Å². The highest BCUT2D eigenvalue weighted by atomic mass is 32.2. The van der Waals surface area contributed by atoms with Gasteiger partial charge in [0.05, 0.1) is 11.3 Å². The monoisotopic (exact) mass is 854 g/mol. The van der Waals surface area contributed by atoms with Gasteiger partial charge in [0.15, 0.2) is 0 Å². The van der Waals surface area contributed by atoms with Crippen molar-refractivity contribution in [2.45, 2.75) is 95.9 Å². The van der Waals surface area contributed by atoms with Gasteiger partial charge in [0.1, 0.15) is 44.8 Å². The summed E-state index contributed by atoms with van der Waals surface area (Å²) in [7, 11) is 0. The van der Waals surface area contributed by atoms with E-state index >= 15 is 0 Å². The first-order valence-electron chi connectivity index (χ1n) is 19.7. The van der Waals surface area contributed by atoms with Gasteiger partial charge < -0.3 is 20.1 Å². The minimum absolute atomic E-state index is 0.0149. The highest BCUT2D eigenvalue weighted by Crippen LogP contribution is 2.48. The van der Waals surface area contributed by atoms with Crippen molar-refractivity contribution in [1.29, 1.82) is 0 Å². The second-order valence-corrected chi connectivity index (χ2v) is 19.1. The molecule has 1 aromatic heterocycles. The molecule has 0 radical (unpaired) electrons. The van der Waals surface area contributed by atoms with Crippen molar-refractivity contribution in [1.82, 2.24) is 15.6 Å². The zero-order chi connectivity index (χ0) is 42.6. The summed E-state index contributed by atoms with van der Waals surface area (Å²) in [6, 6.07) is 30.5. The third kappa shape index (κ3) is 12.4. The molecule has 312 valence electrons. The molecule has 4 aromatic rings. The van der Waals surface area contributed by atoms with Crippen molar-refractivity contribution in [3.05, 3.63) is 136 Å². The van der Waals surface area contributed by atoms with Gasteiger partial charge in [-0.3, -0.25) is 14.6 Å². The van der Waals surface area contributed by atoms with Crippen LogP contribution in [0, 0.1) is 5.92 Å². The fourth-order valence-corrected chi connectivity index (χ4v) is 9.84. The number of esters is 1. The highest BCUT2D eigenvalue weighted by Gasteiger charge is 2.42. The molecule has 0 fully saturated rings. The largest absolute Gasteiger partial charge is 0.456 e. The molecular weight excluding hydrogens is 801 g/mol.